The van der Waals surface area contributed by atoms with Crippen molar-refractivity contribution in [3.63, 3.8) is 0 Å². The summed E-state index contributed by atoms with van der Waals surface area (Å²) in [6.07, 6.45) is 5.76. The Hall–Kier alpha value is -1.83. The lowest BCUT2D eigenvalue weighted by Crippen LogP contribution is -2.48. The summed E-state index contributed by atoms with van der Waals surface area (Å²) < 4.78 is 0. The monoisotopic (exact) mass is 340 g/mol. The van der Waals surface area contributed by atoms with E-state index in [1.54, 1.807) is 7.05 Å². The zero-order valence-corrected chi connectivity index (χ0v) is 14.6. The molecule has 1 aliphatic rings. The molecule has 1 aliphatic carbocycles. The molecule has 8 N–H and O–H groups in total. The minimum absolute atomic E-state index is 0.0124. The van der Waals surface area contributed by atoms with Crippen molar-refractivity contribution in [3.05, 3.63) is 0 Å². The first kappa shape index (κ1) is 20.2. The summed E-state index contributed by atoms with van der Waals surface area (Å²) in [4.78, 5) is 28.3. The highest BCUT2D eigenvalue weighted by Crippen LogP contribution is 2.28. The zero-order valence-electron chi connectivity index (χ0n) is 14.6. The molecule has 0 aromatic rings. The van der Waals surface area contributed by atoms with Crippen molar-refractivity contribution >= 4 is 17.8 Å². The lowest BCUT2D eigenvalue weighted by atomic mass is 9.81. The average Bonchev–Trinajstić information content (AvgIpc) is 2.59. The molecular weight excluding hydrogens is 308 g/mol. The molecule has 2 amide bonds. The number of nitrogens with one attached hydrogen (secondary N) is 2. The first-order valence-corrected chi connectivity index (χ1v) is 8.75. The Kier molecular flexibility index (Phi) is 9.14. The van der Waals surface area contributed by atoms with Gasteiger partial charge in [0.1, 0.15) is 6.04 Å². The van der Waals surface area contributed by atoms with Gasteiger partial charge in [0.05, 0.1) is 0 Å². The fraction of sp³-hybridized carbons (Fsp3) is 0.812. The van der Waals surface area contributed by atoms with Gasteiger partial charge < -0.3 is 27.8 Å². The SMILES string of the molecule is CNC(=O)[C@H](CCCCN=C(N)N)NC(=O)C1CCC(CN)CC1. The molecule has 1 saturated carbocycles. The van der Waals surface area contributed by atoms with Crippen LogP contribution in [0, 0.1) is 11.8 Å². The van der Waals surface area contributed by atoms with Gasteiger partial charge in [-0.25, -0.2) is 0 Å². The number of unbranched alkanes of at least 4 members (excludes halogenated alkanes) is 1. The minimum Gasteiger partial charge on any atom is -0.370 e. The predicted octanol–water partition coefficient (Wildman–Crippen LogP) is -0.574. The van der Waals surface area contributed by atoms with Crippen molar-refractivity contribution in [2.45, 2.75) is 51.0 Å². The Balaban J connectivity index is 2.43. The van der Waals surface area contributed by atoms with E-state index < -0.39 is 6.04 Å². The smallest absolute Gasteiger partial charge is 0.242 e. The third-order valence-electron chi connectivity index (χ3n) is 4.63. The van der Waals surface area contributed by atoms with Gasteiger partial charge in [0.25, 0.3) is 0 Å². The summed E-state index contributed by atoms with van der Waals surface area (Å²) in [6.45, 7) is 1.21. The Morgan fingerprint density at radius 1 is 1.17 bits per heavy atom. The van der Waals surface area contributed by atoms with Crippen LogP contribution in [-0.4, -0.2) is 44.0 Å². The molecule has 1 rings (SSSR count). The number of carbonyl (C=O) groups is 2. The molecule has 0 saturated heterocycles. The molecule has 24 heavy (non-hydrogen) atoms. The Morgan fingerprint density at radius 3 is 2.38 bits per heavy atom. The van der Waals surface area contributed by atoms with E-state index in [-0.39, 0.29) is 23.7 Å². The number of nitrogens with two attached hydrogens (primary N) is 3. The molecule has 0 bridgehead atoms. The van der Waals surface area contributed by atoms with Gasteiger partial charge in [-0.05, 0) is 57.4 Å². The summed E-state index contributed by atoms with van der Waals surface area (Å²) >= 11 is 0. The topological polar surface area (TPSA) is 149 Å². The highest BCUT2D eigenvalue weighted by molar-refractivity contribution is 5.88. The van der Waals surface area contributed by atoms with E-state index in [0.717, 1.165) is 38.5 Å². The second kappa shape index (κ2) is 10.9. The molecule has 0 spiro atoms. The van der Waals surface area contributed by atoms with Gasteiger partial charge in [-0.15, -0.1) is 0 Å². The minimum atomic E-state index is -0.506. The number of rotatable bonds is 9. The molecule has 1 fully saturated rings. The molecule has 0 radical (unpaired) electrons. The van der Waals surface area contributed by atoms with Crippen LogP contribution in [-0.2, 0) is 9.59 Å². The third-order valence-corrected chi connectivity index (χ3v) is 4.63. The molecule has 8 heteroatoms. The second-order valence-electron chi connectivity index (χ2n) is 6.43. The van der Waals surface area contributed by atoms with Gasteiger partial charge in [-0.1, -0.05) is 0 Å². The van der Waals surface area contributed by atoms with Crippen LogP contribution in [0.5, 0.6) is 0 Å². The largest absolute Gasteiger partial charge is 0.370 e. The van der Waals surface area contributed by atoms with E-state index in [1.807, 2.05) is 0 Å². The lowest BCUT2D eigenvalue weighted by Gasteiger charge is -2.28. The van der Waals surface area contributed by atoms with Crippen LogP contribution in [0.1, 0.15) is 44.9 Å². The molecule has 0 aromatic carbocycles. The summed E-state index contributed by atoms with van der Waals surface area (Å²) in [5.41, 5.74) is 16.2. The van der Waals surface area contributed by atoms with E-state index in [1.165, 1.54) is 0 Å². The Bertz CT molecular complexity index is 428. The first-order chi connectivity index (χ1) is 11.5. The van der Waals surface area contributed by atoms with Gasteiger partial charge in [0, 0.05) is 19.5 Å². The normalized spacial score (nSPS) is 21.6. The fourth-order valence-electron chi connectivity index (χ4n) is 3.06. The highest BCUT2D eigenvalue weighted by atomic mass is 16.2. The van der Waals surface area contributed by atoms with Crippen molar-refractivity contribution in [2.75, 3.05) is 20.1 Å². The maximum absolute atomic E-state index is 12.4. The molecule has 0 aromatic heterocycles. The summed E-state index contributed by atoms with van der Waals surface area (Å²) in [6, 6.07) is -0.506. The number of aliphatic imine (C=N–C) groups is 1. The number of hydrogen-bond acceptors (Lipinski definition) is 4. The molecule has 1 atom stereocenters. The average molecular weight is 340 g/mol. The number of amides is 2. The second-order valence-corrected chi connectivity index (χ2v) is 6.43. The Labute approximate surface area is 144 Å². The van der Waals surface area contributed by atoms with E-state index in [9.17, 15) is 9.59 Å². The molecule has 8 nitrogen and oxygen atoms in total. The van der Waals surface area contributed by atoms with Crippen LogP contribution < -0.4 is 27.8 Å². The van der Waals surface area contributed by atoms with E-state index in [4.69, 9.17) is 17.2 Å². The van der Waals surface area contributed by atoms with Crippen LogP contribution in [0.15, 0.2) is 4.99 Å². The highest BCUT2D eigenvalue weighted by Gasteiger charge is 2.28. The first-order valence-electron chi connectivity index (χ1n) is 8.75. The van der Waals surface area contributed by atoms with Crippen LogP contribution in [0.4, 0.5) is 0 Å². The van der Waals surface area contributed by atoms with Gasteiger partial charge in [-0.2, -0.15) is 0 Å². The fourth-order valence-corrected chi connectivity index (χ4v) is 3.06. The number of hydrogen-bond donors (Lipinski definition) is 5. The van der Waals surface area contributed by atoms with Crippen molar-refractivity contribution in [3.8, 4) is 0 Å². The van der Waals surface area contributed by atoms with Crippen LogP contribution in [0.3, 0.4) is 0 Å². The lowest BCUT2D eigenvalue weighted by molar-refractivity contribution is -0.131. The number of guanidine groups is 1. The maximum atomic E-state index is 12.4. The number of carbonyl (C=O) groups excluding carboxylic acids is 2. The zero-order chi connectivity index (χ0) is 17.9. The van der Waals surface area contributed by atoms with Gasteiger partial charge >= 0.3 is 0 Å². The summed E-state index contributed by atoms with van der Waals surface area (Å²) in [5, 5.41) is 5.51. The molecule has 0 heterocycles. The summed E-state index contributed by atoms with van der Waals surface area (Å²) in [7, 11) is 1.58. The van der Waals surface area contributed by atoms with Gasteiger partial charge in [0.2, 0.25) is 11.8 Å². The third kappa shape index (κ3) is 7.16. The van der Waals surface area contributed by atoms with Crippen molar-refractivity contribution in [1.29, 1.82) is 0 Å². The predicted molar refractivity (Wildman–Crippen MR) is 95.0 cm³/mol. The van der Waals surface area contributed by atoms with Crippen LogP contribution >= 0.6 is 0 Å². The molecule has 0 unspecified atom stereocenters. The maximum Gasteiger partial charge on any atom is 0.242 e. The van der Waals surface area contributed by atoms with E-state index in [0.29, 0.717) is 25.4 Å². The number of likely N-dealkylation sites (N-methyl/N-ethyl adjacent to an activating group) is 1. The van der Waals surface area contributed by atoms with Crippen LogP contribution in [0.25, 0.3) is 0 Å². The number of nitrogens with zero attached hydrogens (tertiary/aromatic N) is 1. The van der Waals surface area contributed by atoms with Crippen molar-refractivity contribution in [1.82, 2.24) is 10.6 Å². The quantitative estimate of drug-likeness (QED) is 0.216. The summed E-state index contributed by atoms with van der Waals surface area (Å²) in [5.74, 6) is 0.393. The van der Waals surface area contributed by atoms with Crippen molar-refractivity contribution < 1.29 is 9.59 Å². The van der Waals surface area contributed by atoms with Crippen LogP contribution in [0.2, 0.25) is 0 Å². The Morgan fingerprint density at radius 2 is 1.83 bits per heavy atom. The molecular formula is C16H32N6O2. The van der Waals surface area contributed by atoms with Crippen molar-refractivity contribution in [2.24, 2.45) is 34.0 Å². The molecule has 138 valence electrons. The molecule has 0 aliphatic heterocycles. The van der Waals surface area contributed by atoms with Gasteiger partial charge in [0.15, 0.2) is 5.96 Å². The van der Waals surface area contributed by atoms with E-state index >= 15 is 0 Å². The van der Waals surface area contributed by atoms with Gasteiger partial charge in [-0.3, -0.25) is 14.6 Å². The standard InChI is InChI=1S/C16H32N6O2/c1-20-15(24)13(4-2-3-9-21-16(18)19)22-14(23)12-7-5-11(10-17)6-8-12/h11-13H,2-10,17H2,1H3,(H,20,24)(H,22,23)(H4,18,19,21)/t11?,12?,13-/m0/s1. The van der Waals surface area contributed by atoms with E-state index in [2.05, 4.69) is 15.6 Å².